The van der Waals surface area contributed by atoms with Gasteiger partial charge in [0.25, 0.3) is 0 Å². The number of aromatic amines is 1. The van der Waals surface area contributed by atoms with Crippen LogP contribution in [0.1, 0.15) is 25.7 Å². The topological polar surface area (TPSA) is 79.0 Å². The van der Waals surface area contributed by atoms with Crippen molar-refractivity contribution in [2.75, 3.05) is 6.54 Å². The van der Waals surface area contributed by atoms with Gasteiger partial charge in [-0.25, -0.2) is 13.1 Å². The van der Waals surface area contributed by atoms with Crippen LogP contribution in [0.5, 0.6) is 0 Å². The molecule has 2 aliphatic rings. The first-order chi connectivity index (χ1) is 9.08. The smallest absolute Gasteiger partial charge is 0.245 e. The van der Waals surface area contributed by atoms with Crippen LogP contribution in [0, 0.1) is 17.8 Å². The standard InChI is InChI=1S/C13H18N2O3S/c16-12-5-6-14-8-13(12)19(17,18)15-7-11(9-1-2-9)10-3-4-10/h5-6,8-11,15H,1-4,7H2,(H,14,16). The van der Waals surface area contributed by atoms with Crippen molar-refractivity contribution >= 4 is 10.0 Å². The van der Waals surface area contributed by atoms with Crippen LogP contribution in [0.2, 0.25) is 0 Å². The Morgan fingerprint density at radius 3 is 2.42 bits per heavy atom. The maximum Gasteiger partial charge on any atom is 0.245 e. The average molecular weight is 282 g/mol. The van der Waals surface area contributed by atoms with E-state index in [1.165, 1.54) is 44.1 Å². The lowest BCUT2D eigenvalue weighted by Crippen LogP contribution is -2.33. The van der Waals surface area contributed by atoms with E-state index in [2.05, 4.69) is 9.71 Å². The fourth-order valence-electron chi connectivity index (χ4n) is 2.66. The number of rotatable bonds is 6. The van der Waals surface area contributed by atoms with Crippen LogP contribution in [0.15, 0.2) is 28.2 Å². The van der Waals surface area contributed by atoms with Crippen molar-refractivity contribution in [1.82, 2.24) is 9.71 Å². The molecule has 0 aliphatic heterocycles. The number of H-pyrrole nitrogens is 1. The summed E-state index contributed by atoms with van der Waals surface area (Å²) in [6.07, 6.45) is 7.54. The van der Waals surface area contributed by atoms with Crippen molar-refractivity contribution in [1.29, 1.82) is 0 Å². The molecule has 0 radical (unpaired) electrons. The molecule has 3 rings (SSSR count). The van der Waals surface area contributed by atoms with E-state index in [0.717, 1.165) is 0 Å². The molecular formula is C13H18N2O3S. The van der Waals surface area contributed by atoms with Crippen molar-refractivity contribution in [2.45, 2.75) is 30.6 Å². The van der Waals surface area contributed by atoms with E-state index in [4.69, 9.17) is 0 Å². The Labute approximate surface area is 112 Å². The highest BCUT2D eigenvalue weighted by molar-refractivity contribution is 7.89. The minimum Gasteiger partial charge on any atom is -0.366 e. The molecule has 0 aromatic carbocycles. The van der Waals surface area contributed by atoms with Crippen LogP contribution >= 0.6 is 0 Å². The molecule has 5 nitrogen and oxygen atoms in total. The van der Waals surface area contributed by atoms with E-state index in [0.29, 0.717) is 24.3 Å². The fraction of sp³-hybridized carbons (Fsp3) is 0.615. The number of sulfonamides is 1. The van der Waals surface area contributed by atoms with Gasteiger partial charge in [0.1, 0.15) is 4.90 Å². The SMILES string of the molecule is O=c1cc[nH]cc1S(=O)(=O)NCC(C1CC1)C1CC1. The molecule has 104 valence electrons. The second kappa shape index (κ2) is 4.76. The summed E-state index contributed by atoms with van der Waals surface area (Å²) in [6, 6.07) is 1.23. The van der Waals surface area contributed by atoms with Gasteiger partial charge in [0.2, 0.25) is 15.5 Å². The molecule has 2 N–H and O–H groups in total. The summed E-state index contributed by atoms with van der Waals surface area (Å²) in [5.41, 5.74) is -0.472. The zero-order chi connectivity index (χ0) is 13.5. The first-order valence-corrected chi connectivity index (χ1v) is 8.23. The molecule has 0 bridgehead atoms. The predicted octanol–water partition coefficient (Wildman–Crippen LogP) is 1.09. The van der Waals surface area contributed by atoms with Crippen LogP contribution in [-0.4, -0.2) is 19.9 Å². The monoisotopic (exact) mass is 282 g/mol. The van der Waals surface area contributed by atoms with E-state index in [1.54, 1.807) is 0 Å². The molecule has 2 aliphatic carbocycles. The molecular weight excluding hydrogens is 264 g/mol. The number of pyridine rings is 1. The average Bonchev–Trinajstić information content (AvgIpc) is 3.24. The molecule has 0 spiro atoms. The number of aromatic nitrogens is 1. The van der Waals surface area contributed by atoms with Gasteiger partial charge in [0, 0.05) is 25.0 Å². The largest absolute Gasteiger partial charge is 0.366 e. The van der Waals surface area contributed by atoms with Gasteiger partial charge in [-0.1, -0.05) is 0 Å². The zero-order valence-corrected chi connectivity index (χ0v) is 11.4. The zero-order valence-electron chi connectivity index (χ0n) is 10.6. The summed E-state index contributed by atoms with van der Waals surface area (Å²) in [5, 5.41) is 0. The van der Waals surface area contributed by atoms with E-state index >= 15 is 0 Å². The first-order valence-electron chi connectivity index (χ1n) is 6.75. The highest BCUT2D eigenvalue weighted by atomic mass is 32.2. The number of hydrogen-bond acceptors (Lipinski definition) is 3. The highest BCUT2D eigenvalue weighted by Gasteiger charge is 2.41. The molecule has 1 aromatic rings. The molecule has 2 fully saturated rings. The van der Waals surface area contributed by atoms with Gasteiger partial charge >= 0.3 is 0 Å². The van der Waals surface area contributed by atoms with Gasteiger partial charge < -0.3 is 4.98 Å². The van der Waals surface area contributed by atoms with E-state index < -0.39 is 15.5 Å². The lowest BCUT2D eigenvalue weighted by atomic mass is 9.99. The van der Waals surface area contributed by atoms with Crippen LogP contribution in [0.3, 0.4) is 0 Å². The number of hydrogen-bond donors (Lipinski definition) is 2. The van der Waals surface area contributed by atoms with Crippen LogP contribution in [0.25, 0.3) is 0 Å². The van der Waals surface area contributed by atoms with Crippen molar-refractivity contribution in [2.24, 2.45) is 17.8 Å². The Kier molecular flexibility index (Phi) is 3.22. The normalized spacial score (nSPS) is 19.8. The Bertz CT molecular complexity index is 603. The summed E-state index contributed by atoms with van der Waals surface area (Å²) in [7, 11) is -3.69. The molecule has 0 saturated heterocycles. The van der Waals surface area contributed by atoms with Gasteiger partial charge in [-0.15, -0.1) is 0 Å². The second-order valence-corrected chi connectivity index (χ2v) is 7.30. The lowest BCUT2D eigenvalue weighted by molar-refractivity contribution is 0.401. The molecule has 0 atom stereocenters. The predicted molar refractivity (Wildman–Crippen MR) is 71.2 cm³/mol. The summed E-state index contributed by atoms with van der Waals surface area (Å²) in [4.78, 5) is 14.0. The minimum atomic E-state index is -3.69. The van der Waals surface area contributed by atoms with Crippen molar-refractivity contribution in [3.8, 4) is 0 Å². The molecule has 6 heteroatoms. The van der Waals surface area contributed by atoms with Crippen molar-refractivity contribution in [3.05, 3.63) is 28.7 Å². The molecule has 19 heavy (non-hydrogen) atoms. The summed E-state index contributed by atoms with van der Waals surface area (Å²) >= 11 is 0. The second-order valence-electron chi connectivity index (χ2n) is 5.56. The third-order valence-electron chi connectivity index (χ3n) is 4.04. The maximum absolute atomic E-state index is 12.1. The van der Waals surface area contributed by atoms with Crippen LogP contribution in [-0.2, 0) is 10.0 Å². The van der Waals surface area contributed by atoms with Crippen LogP contribution in [0.4, 0.5) is 0 Å². The van der Waals surface area contributed by atoms with Crippen LogP contribution < -0.4 is 10.2 Å². The van der Waals surface area contributed by atoms with Gasteiger partial charge in [0.05, 0.1) is 0 Å². The highest BCUT2D eigenvalue weighted by Crippen LogP contribution is 2.48. The first kappa shape index (κ1) is 12.9. The Morgan fingerprint density at radius 1 is 1.26 bits per heavy atom. The van der Waals surface area contributed by atoms with Crippen molar-refractivity contribution in [3.63, 3.8) is 0 Å². The summed E-state index contributed by atoms with van der Waals surface area (Å²) < 4.78 is 26.8. The summed E-state index contributed by atoms with van der Waals surface area (Å²) in [6.45, 7) is 0.464. The third kappa shape index (κ3) is 2.90. The Balaban J connectivity index is 1.71. The molecule has 0 amide bonds. The van der Waals surface area contributed by atoms with Crippen molar-refractivity contribution < 1.29 is 8.42 Å². The fourth-order valence-corrected chi connectivity index (χ4v) is 3.78. The van der Waals surface area contributed by atoms with Gasteiger partial charge in [-0.3, -0.25) is 4.79 Å². The van der Waals surface area contributed by atoms with Gasteiger partial charge in [-0.2, -0.15) is 0 Å². The minimum absolute atomic E-state index is 0.194. The Morgan fingerprint density at radius 2 is 1.89 bits per heavy atom. The Hall–Kier alpha value is -1.14. The molecule has 0 unspecified atom stereocenters. The quantitative estimate of drug-likeness (QED) is 0.819. The maximum atomic E-state index is 12.1. The van der Waals surface area contributed by atoms with Gasteiger partial charge in [0.15, 0.2) is 0 Å². The molecule has 1 heterocycles. The lowest BCUT2D eigenvalue weighted by Gasteiger charge is -2.16. The van der Waals surface area contributed by atoms with E-state index in [9.17, 15) is 13.2 Å². The number of nitrogens with one attached hydrogen (secondary N) is 2. The molecule has 1 aromatic heterocycles. The van der Waals surface area contributed by atoms with E-state index in [-0.39, 0.29) is 4.90 Å². The third-order valence-corrected chi connectivity index (χ3v) is 5.49. The summed E-state index contributed by atoms with van der Waals surface area (Å²) in [5.74, 6) is 1.83. The van der Waals surface area contributed by atoms with E-state index in [1.807, 2.05) is 0 Å². The van der Waals surface area contributed by atoms with Gasteiger partial charge in [-0.05, 0) is 43.4 Å². The molecule has 2 saturated carbocycles.